The number of hydrogen-bond acceptors (Lipinski definition) is 2. The Hall–Kier alpha value is -1.48. The Morgan fingerprint density at radius 2 is 2.00 bits per heavy atom. The summed E-state index contributed by atoms with van der Waals surface area (Å²) in [5, 5.41) is 0.587. The third-order valence-corrected chi connectivity index (χ3v) is 2.73. The van der Waals surface area contributed by atoms with Gasteiger partial charge < -0.3 is 4.74 Å². The SMILES string of the molecule is Cc1cn(C(C)C)c(Oc2ccccc2Cl)n1. The highest BCUT2D eigenvalue weighted by Gasteiger charge is 2.11. The summed E-state index contributed by atoms with van der Waals surface area (Å²) >= 11 is 6.05. The first-order valence-electron chi connectivity index (χ1n) is 5.56. The minimum absolute atomic E-state index is 0.300. The van der Waals surface area contributed by atoms with Crippen LogP contribution in [0.25, 0.3) is 0 Å². The van der Waals surface area contributed by atoms with Gasteiger partial charge in [-0.2, -0.15) is 0 Å². The Labute approximate surface area is 106 Å². The van der Waals surface area contributed by atoms with Crippen molar-refractivity contribution in [3.63, 3.8) is 0 Å². The lowest BCUT2D eigenvalue weighted by molar-refractivity contribution is 0.396. The predicted molar refractivity (Wildman–Crippen MR) is 68.9 cm³/mol. The Bertz CT molecular complexity index is 520. The summed E-state index contributed by atoms with van der Waals surface area (Å²) in [6.07, 6.45) is 1.97. The van der Waals surface area contributed by atoms with E-state index in [1.807, 2.05) is 35.9 Å². The maximum absolute atomic E-state index is 6.05. The average molecular weight is 251 g/mol. The summed E-state index contributed by atoms with van der Waals surface area (Å²) in [5.41, 5.74) is 0.931. The van der Waals surface area contributed by atoms with Crippen molar-refractivity contribution in [2.24, 2.45) is 0 Å². The molecule has 90 valence electrons. The molecule has 0 saturated heterocycles. The summed E-state index contributed by atoms with van der Waals surface area (Å²) in [6, 6.07) is 8.26. The molecule has 0 N–H and O–H groups in total. The van der Waals surface area contributed by atoms with Crippen molar-refractivity contribution in [3.8, 4) is 11.8 Å². The smallest absolute Gasteiger partial charge is 0.302 e. The number of hydrogen-bond donors (Lipinski definition) is 0. The zero-order chi connectivity index (χ0) is 12.4. The van der Waals surface area contributed by atoms with Gasteiger partial charge in [-0.1, -0.05) is 23.7 Å². The van der Waals surface area contributed by atoms with Crippen LogP contribution in [0.5, 0.6) is 11.8 Å². The van der Waals surface area contributed by atoms with E-state index in [2.05, 4.69) is 18.8 Å². The van der Waals surface area contributed by atoms with Gasteiger partial charge in [0.1, 0.15) is 5.75 Å². The first-order valence-corrected chi connectivity index (χ1v) is 5.93. The molecule has 0 spiro atoms. The van der Waals surface area contributed by atoms with Gasteiger partial charge in [-0.25, -0.2) is 4.98 Å². The largest absolute Gasteiger partial charge is 0.424 e. The second-order valence-corrected chi connectivity index (χ2v) is 4.61. The molecule has 1 aromatic heterocycles. The van der Waals surface area contributed by atoms with E-state index in [4.69, 9.17) is 16.3 Å². The van der Waals surface area contributed by atoms with E-state index < -0.39 is 0 Å². The van der Waals surface area contributed by atoms with Gasteiger partial charge in [0.05, 0.1) is 10.7 Å². The standard InChI is InChI=1S/C13H15ClN2O/c1-9(2)16-8-10(3)15-13(16)17-12-7-5-4-6-11(12)14/h4-9H,1-3H3. The zero-order valence-electron chi connectivity index (χ0n) is 10.1. The number of aryl methyl sites for hydroxylation is 1. The topological polar surface area (TPSA) is 27.1 Å². The number of rotatable bonds is 3. The normalized spacial score (nSPS) is 10.9. The van der Waals surface area contributed by atoms with Crippen LogP contribution < -0.4 is 4.74 Å². The lowest BCUT2D eigenvalue weighted by atomic mass is 10.3. The molecule has 0 aliphatic rings. The Morgan fingerprint density at radius 3 is 2.65 bits per heavy atom. The second-order valence-electron chi connectivity index (χ2n) is 4.20. The molecule has 17 heavy (non-hydrogen) atoms. The van der Waals surface area contributed by atoms with Gasteiger partial charge in [-0.3, -0.25) is 4.57 Å². The Kier molecular flexibility index (Phi) is 3.38. The van der Waals surface area contributed by atoms with Crippen LogP contribution >= 0.6 is 11.6 Å². The van der Waals surface area contributed by atoms with Crippen molar-refractivity contribution < 1.29 is 4.74 Å². The maximum atomic E-state index is 6.05. The molecule has 0 aliphatic heterocycles. The molecule has 0 saturated carbocycles. The molecule has 0 aliphatic carbocycles. The summed E-state index contributed by atoms with van der Waals surface area (Å²) in [6.45, 7) is 6.11. The highest BCUT2D eigenvalue weighted by molar-refractivity contribution is 6.32. The van der Waals surface area contributed by atoms with Crippen LogP contribution in [0.2, 0.25) is 5.02 Å². The van der Waals surface area contributed by atoms with Gasteiger partial charge in [-0.15, -0.1) is 0 Å². The van der Waals surface area contributed by atoms with Crippen LogP contribution in [0.15, 0.2) is 30.5 Å². The van der Waals surface area contributed by atoms with Gasteiger partial charge in [0.2, 0.25) is 0 Å². The van der Waals surface area contributed by atoms with Gasteiger partial charge in [0.25, 0.3) is 0 Å². The maximum Gasteiger partial charge on any atom is 0.302 e. The van der Waals surface area contributed by atoms with E-state index in [1.54, 1.807) is 6.07 Å². The fraction of sp³-hybridized carbons (Fsp3) is 0.308. The molecule has 0 unspecified atom stereocenters. The number of nitrogens with zero attached hydrogens (tertiary/aromatic N) is 2. The van der Waals surface area contributed by atoms with Gasteiger partial charge in [-0.05, 0) is 32.9 Å². The first-order chi connectivity index (χ1) is 8.08. The van der Waals surface area contributed by atoms with Crippen LogP contribution in [-0.2, 0) is 0 Å². The molecule has 0 amide bonds. The fourth-order valence-electron chi connectivity index (χ4n) is 1.57. The number of aromatic nitrogens is 2. The van der Waals surface area contributed by atoms with Gasteiger partial charge in [0, 0.05) is 12.2 Å². The molecule has 2 rings (SSSR count). The fourth-order valence-corrected chi connectivity index (χ4v) is 1.74. The van der Waals surface area contributed by atoms with Crippen molar-refractivity contribution in [2.75, 3.05) is 0 Å². The number of imidazole rings is 1. The third kappa shape index (κ3) is 2.61. The van der Waals surface area contributed by atoms with E-state index in [1.165, 1.54) is 0 Å². The third-order valence-electron chi connectivity index (χ3n) is 2.41. The molecular weight excluding hydrogens is 236 g/mol. The highest BCUT2D eigenvalue weighted by atomic mass is 35.5. The molecule has 4 heteroatoms. The number of ether oxygens (including phenoxy) is 1. The average Bonchev–Trinajstić information content (AvgIpc) is 2.63. The van der Waals surface area contributed by atoms with E-state index in [-0.39, 0.29) is 0 Å². The minimum Gasteiger partial charge on any atom is -0.424 e. The van der Waals surface area contributed by atoms with Crippen LogP contribution in [0.3, 0.4) is 0 Å². The van der Waals surface area contributed by atoms with E-state index in [9.17, 15) is 0 Å². The Balaban J connectivity index is 2.33. The molecule has 0 atom stereocenters. The molecule has 3 nitrogen and oxygen atoms in total. The van der Waals surface area contributed by atoms with Crippen molar-refractivity contribution in [1.29, 1.82) is 0 Å². The first kappa shape index (κ1) is 12.0. The molecule has 1 heterocycles. The quantitative estimate of drug-likeness (QED) is 0.816. The number of para-hydroxylation sites is 1. The van der Waals surface area contributed by atoms with Crippen LogP contribution in [0.4, 0.5) is 0 Å². The summed E-state index contributed by atoms with van der Waals surface area (Å²) in [7, 11) is 0. The van der Waals surface area contributed by atoms with Gasteiger partial charge in [0.15, 0.2) is 0 Å². The van der Waals surface area contributed by atoms with Crippen molar-refractivity contribution in [3.05, 3.63) is 41.2 Å². The summed E-state index contributed by atoms with van der Waals surface area (Å²) in [5.74, 6) is 0.627. The van der Waals surface area contributed by atoms with E-state index in [0.29, 0.717) is 22.8 Å². The minimum atomic E-state index is 0.300. The Morgan fingerprint density at radius 1 is 1.29 bits per heavy atom. The molecule has 0 bridgehead atoms. The van der Waals surface area contributed by atoms with Crippen LogP contribution in [0.1, 0.15) is 25.6 Å². The number of halogens is 1. The van der Waals surface area contributed by atoms with Crippen LogP contribution in [-0.4, -0.2) is 9.55 Å². The van der Waals surface area contributed by atoms with Crippen molar-refractivity contribution in [2.45, 2.75) is 26.8 Å². The molecular formula is C13H15ClN2O. The number of benzene rings is 1. The zero-order valence-corrected chi connectivity index (χ0v) is 10.9. The second kappa shape index (κ2) is 4.80. The predicted octanol–water partition coefficient (Wildman–Crippen LogP) is 4.22. The van der Waals surface area contributed by atoms with E-state index in [0.717, 1.165) is 5.69 Å². The highest BCUT2D eigenvalue weighted by Crippen LogP contribution is 2.29. The molecule has 2 aromatic rings. The summed E-state index contributed by atoms with van der Waals surface area (Å²) < 4.78 is 7.73. The lowest BCUT2D eigenvalue weighted by Crippen LogP contribution is -2.02. The molecule has 0 radical (unpaired) electrons. The van der Waals surface area contributed by atoms with Crippen molar-refractivity contribution in [1.82, 2.24) is 9.55 Å². The van der Waals surface area contributed by atoms with Crippen molar-refractivity contribution >= 4 is 11.6 Å². The lowest BCUT2D eigenvalue weighted by Gasteiger charge is -2.12. The van der Waals surface area contributed by atoms with E-state index >= 15 is 0 Å². The monoisotopic (exact) mass is 250 g/mol. The van der Waals surface area contributed by atoms with Crippen LogP contribution in [0, 0.1) is 6.92 Å². The van der Waals surface area contributed by atoms with Gasteiger partial charge >= 0.3 is 6.01 Å². The molecule has 1 aromatic carbocycles. The molecule has 0 fully saturated rings. The summed E-state index contributed by atoms with van der Waals surface area (Å²) in [4.78, 5) is 4.35.